The first kappa shape index (κ1) is 12.8. The lowest BCUT2D eigenvalue weighted by molar-refractivity contribution is -0.145. The molecule has 2 atom stereocenters. The number of carboxylic acid groups (broad SMARTS) is 1. The zero-order valence-electron chi connectivity index (χ0n) is 9.60. The minimum absolute atomic E-state index is 0.260. The number of hydrogen-bond donors (Lipinski definition) is 2. The fourth-order valence-electron chi connectivity index (χ4n) is 2.25. The lowest BCUT2D eigenvalue weighted by Crippen LogP contribution is -2.30. The summed E-state index contributed by atoms with van der Waals surface area (Å²) in [5.74, 6) is -2.20. The van der Waals surface area contributed by atoms with Crippen LogP contribution in [0.2, 0.25) is 5.15 Å². The Bertz CT molecular complexity index is 461. The number of halogens is 1. The maximum Gasteiger partial charge on any atom is 0.307 e. The first-order valence-electron chi connectivity index (χ1n) is 5.73. The highest BCUT2D eigenvalue weighted by Crippen LogP contribution is 2.32. The highest BCUT2D eigenvalue weighted by Gasteiger charge is 2.37. The van der Waals surface area contributed by atoms with E-state index in [1.165, 1.54) is 6.20 Å². The number of amides is 1. The van der Waals surface area contributed by atoms with Gasteiger partial charge in [-0.3, -0.25) is 9.59 Å². The standard InChI is InChI=1S/C12H13ClN2O3/c13-10-5-4-7(6-14-10)15-11(16)8-2-1-3-9(8)12(17)18/h4-6,8-9H,1-3H2,(H,15,16)(H,17,18)/t8-,9+/m1/s1. The van der Waals surface area contributed by atoms with Crippen LogP contribution in [0.1, 0.15) is 19.3 Å². The molecule has 0 radical (unpaired) electrons. The fraction of sp³-hybridized carbons (Fsp3) is 0.417. The third kappa shape index (κ3) is 2.79. The van der Waals surface area contributed by atoms with Gasteiger partial charge in [-0.25, -0.2) is 4.98 Å². The average Bonchev–Trinajstić information content (AvgIpc) is 2.81. The summed E-state index contributed by atoms with van der Waals surface area (Å²) >= 11 is 5.64. The molecular formula is C12H13ClN2O3. The summed E-state index contributed by atoms with van der Waals surface area (Å²) in [7, 11) is 0. The molecule has 18 heavy (non-hydrogen) atoms. The number of nitrogens with zero attached hydrogens (tertiary/aromatic N) is 1. The monoisotopic (exact) mass is 268 g/mol. The lowest BCUT2D eigenvalue weighted by atomic mass is 9.95. The average molecular weight is 269 g/mol. The lowest BCUT2D eigenvalue weighted by Gasteiger charge is -2.15. The minimum atomic E-state index is -0.901. The molecular weight excluding hydrogens is 256 g/mol. The quantitative estimate of drug-likeness (QED) is 0.824. The molecule has 1 aliphatic rings. The summed E-state index contributed by atoms with van der Waals surface area (Å²) < 4.78 is 0. The van der Waals surface area contributed by atoms with Gasteiger partial charge < -0.3 is 10.4 Å². The van der Waals surface area contributed by atoms with Crippen molar-refractivity contribution in [1.82, 2.24) is 4.98 Å². The van der Waals surface area contributed by atoms with Gasteiger partial charge in [-0.2, -0.15) is 0 Å². The highest BCUT2D eigenvalue weighted by atomic mass is 35.5. The third-order valence-electron chi connectivity index (χ3n) is 3.16. The molecule has 5 nitrogen and oxygen atoms in total. The van der Waals surface area contributed by atoms with Crippen molar-refractivity contribution in [2.75, 3.05) is 5.32 Å². The Labute approximate surface area is 109 Å². The van der Waals surface area contributed by atoms with Crippen molar-refractivity contribution < 1.29 is 14.7 Å². The Balaban J connectivity index is 2.03. The van der Waals surface area contributed by atoms with E-state index in [9.17, 15) is 9.59 Å². The van der Waals surface area contributed by atoms with E-state index in [0.717, 1.165) is 6.42 Å². The van der Waals surface area contributed by atoms with E-state index in [2.05, 4.69) is 10.3 Å². The van der Waals surface area contributed by atoms with Crippen molar-refractivity contribution in [3.05, 3.63) is 23.5 Å². The van der Waals surface area contributed by atoms with Gasteiger partial charge in [0.15, 0.2) is 0 Å². The molecule has 1 amide bonds. The van der Waals surface area contributed by atoms with E-state index in [-0.39, 0.29) is 5.91 Å². The van der Waals surface area contributed by atoms with Crippen molar-refractivity contribution >= 4 is 29.2 Å². The summed E-state index contributed by atoms with van der Waals surface area (Å²) in [6, 6.07) is 3.21. The number of carbonyl (C=O) groups is 2. The van der Waals surface area contributed by atoms with Crippen molar-refractivity contribution in [3.63, 3.8) is 0 Å². The molecule has 0 unspecified atom stereocenters. The van der Waals surface area contributed by atoms with Crippen LogP contribution in [0.25, 0.3) is 0 Å². The summed E-state index contributed by atoms with van der Waals surface area (Å²) in [6.07, 6.45) is 3.40. The van der Waals surface area contributed by atoms with Crippen molar-refractivity contribution in [2.24, 2.45) is 11.8 Å². The first-order chi connectivity index (χ1) is 8.58. The topological polar surface area (TPSA) is 79.3 Å². The Morgan fingerprint density at radius 1 is 1.33 bits per heavy atom. The second-order valence-electron chi connectivity index (χ2n) is 4.34. The van der Waals surface area contributed by atoms with Crippen LogP contribution in [0.5, 0.6) is 0 Å². The zero-order chi connectivity index (χ0) is 13.1. The van der Waals surface area contributed by atoms with Crippen LogP contribution in [0, 0.1) is 11.8 Å². The Morgan fingerprint density at radius 3 is 2.67 bits per heavy atom. The van der Waals surface area contributed by atoms with E-state index in [1.54, 1.807) is 12.1 Å². The molecule has 1 aromatic heterocycles. The normalized spacial score (nSPS) is 22.7. The number of aromatic nitrogens is 1. The Hall–Kier alpha value is -1.62. The smallest absolute Gasteiger partial charge is 0.307 e. The highest BCUT2D eigenvalue weighted by molar-refractivity contribution is 6.29. The number of pyridine rings is 1. The predicted molar refractivity (Wildman–Crippen MR) is 66.3 cm³/mol. The molecule has 0 bridgehead atoms. The number of anilines is 1. The van der Waals surface area contributed by atoms with Gasteiger partial charge in [0.05, 0.1) is 23.7 Å². The van der Waals surface area contributed by atoms with Gasteiger partial charge in [-0.1, -0.05) is 18.0 Å². The first-order valence-corrected chi connectivity index (χ1v) is 6.11. The van der Waals surface area contributed by atoms with Crippen LogP contribution in [0.15, 0.2) is 18.3 Å². The van der Waals surface area contributed by atoms with Crippen LogP contribution in [0.4, 0.5) is 5.69 Å². The Morgan fingerprint density at radius 2 is 2.06 bits per heavy atom. The third-order valence-corrected chi connectivity index (χ3v) is 3.39. The predicted octanol–water partition coefficient (Wildman–Crippen LogP) is 2.17. The SMILES string of the molecule is O=C(O)[C@H]1CCC[C@H]1C(=O)Nc1ccc(Cl)nc1. The van der Waals surface area contributed by atoms with Crippen molar-refractivity contribution in [3.8, 4) is 0 Å². The second kappa shape index (κ2) is 5.35. The van der Waals surface area contributed by atoms with Crippen LogP contribution in [-0.2, 0) is 9.59 Å². The molecule has 2 rings (SSSR count). The van der Waals surface area contributed by atoms with Crippen molar-refractivity contribution in [2.45, 2.75) is 19.3 Å². The van der Waals surface area contributed by atoms with E-state index < -0.39 is 17.8 Å². The molecule has 1 aromatic rings. The second-order valence-corrected chi connectivity index (χ2v) is 4.73. The Kier molecular flexibility index (Phi) is 3.81. The molecule has 0 saturated heterocycles. The largest absolute Gasteiger partial charge is 0.481 e. The minimum Gasteiger partial charge on any atom is -0.481 e. The summed E-state index contributed by atoms with van der Waals surface area (Å²) in [6.45, 7) is 0. The number of carboxylic acids is 1. The van der Waals surface area contributed by atoms with E-state index in [1.807, 2.05) is 0 Å². The number of rotatable bonds is 3. The van der Waals surface area contributed by atoms with Crippen molar-refractivity contribution in [1.29, 1.82) is 0 Å². The molecule has 1 saturated carbocycles. The number of carbonyl (C=O) groups excluding carboxylic acids is 1. The molecule has 1 heterocycles. The molecule has 2 N–H and O–H groups in total. The maximum absolute atomic E-state index is 12.0. The van der Waals surface area contributed by atoms with Crippen LogP contribution in [-0.4, -0.2) is 22.0 Å². The van der Waals surface area contributed by atoms with Crippen LogP contribution in [0.3, 0.4) is 0 Å². The van der Waals surface area contributed by atoms with Gasteiger partial charge in [0.1, 0.15) is 5.15 Å². The molecule has 0 spiro atoms. The molecule has 6 heteroatoms. The molecule has 1 aliphatic carbocycles. The van der Waals surface area contributed by atoms with E-state index >= 15 is 0 Å². The van der Waals surface area contributed by atoms with Gasteiger partial charge in [0, 0.05) is 0 Å². The zero-order valence-corrected chi connectivity index (χ0v) is 10.4. The number of nitrogens with one attached hydrogen (secondary N) is 1. The fourth-order valence-corrected chi connectivity index (χ4v) is 2.37. The molecule has 0 aromatic carbocycles. The summed E-state index contributed by atoms with van der Waals surface area (Å²) in [4.78, 5) is 26.8. The maximum atomic E-state index is 12.0. The van der Waals surface area contributed by atoms with Crippen LogP contribution >= 0.6 is 11.6 Å². The van der Waals surface area contributed by atoms with Gasteiger partial charge in [0.2, 0.25) is 5.91 Å². The van der Waals surface area contributed by atoms with Crippen LogP contribution < -0.4 is 5.32 Å². The van der Waals surface area contributed by atoms with E-state index in [0.29, 0.717) is 23.7 Å². The summed E-state index contributed by atoms with van der Waals surface area (Å²) in [5.41, 5.74) is 0.528. The molecule has 0 aliphatic heterocycles. The number of hydrogen-bond acceptors (Lipinski definition) is 3. The van der Waals surface area contributed by atoms with Gasteiger partial charge in [-0.05, 0) is 25.0 Å². The van der Waals surface area contributed by atoms with Gasteiger partial charge in [0.25, 0.3) is 0 Å². The summed E-state index contributed by atoms with van der Waals surface area (Å²) in [5, 5.41) is 12.0. The molecule has 1 fully saturated rings. The van der Waals surface area contributed by atoms with Gasteiger partial charge in [-0.15, -0.1) is 0 Å². The molecule has 96 valence electrons. The van der Waals surface area contributed by atoms with E-state index in [4.69, 9.17) is 16.7 Å². The number of aliphatic carboxylic acids is 1. The van der Waals surface area contributed by atoms with Gasteiger partial charge >= 0.3 is 5.97 Å².